The molecule has 0 spiro atoms. The lowest BCUT2D eigenvalue weighted by Gasteiger charge is -1.97. The van der Waals surface area contributed by atoms with Gasteiger partial charge >= 0.3 is 12.3 Å². The Morgan fingerprint density at radius 2 is 1.17 bits per heavy atom. The minimum absolute atomic E-state index is 0.492. The number of hydrogen-bond donors (Lipinski definition) is 5. The van der Waals surface area contributed by atoms with Crippen molar-refractivity contribution >= 4 is 12.3 Å². The van der Waals surface area contributed by atoms with Crippen LogP contribution in [0.25, 0.3) is 0 Å². The number of unbranched alkanes of at least 4 members (excludes halogenated alkanes) is 5. The molecule has 0 atom stereocenters. The molecule has 0 rings (SSSR count). The smallest absolute Gasteiger partial charge is 0.450 e. The molecule has 0 saturated carbocycles. The van der Waals surface area contributed by atoms with E-state index in [1.165, 1.54) is 32.1 Å². The molecule has 8 heteroatoms. The van der Waals surface area contributed by atoms with Crippen molar-refractivity contribution in [2.24, 2.45) is 0 Å². The van der Waals surface area contributed by atoms with Crippen LogP contribution in [0.15, 0.2) is 0 Å². The van der Waals surface area contributed by atoms with E-state index in [2.05, 4.69) is 11.8 Å². The van der Waals surface area contributed by atoms with E-state index >= 15 is 0 Å². The first-order chi connectivity index (χ1) is 8.38. The molecule has 0 amide bonds. The van der Waals surface area contributed by atoms with Crippen LogP contribution in [0, 0.1) is 0 Å². The van der Waals surface area contributed by atoms with Crippen LogP contribution in [-0.2, 0) is 4.89 Å². The Kier molecular flexibility index (Phi) is 25.1. The van der Waals surface area contributed by atoms with E-state index in [4.69, 9.17) is 35.3 Å². The highest BCUT2D eigenvalue weighted by molar-refractivity contribution is 5.53. The van der Waals surface area contributed by atoms with Crippen LogP contribution in [0.4, 0.5) is 9.59 Å². The van der Waals surface area contributed by atoms with Crippen molar-refractivity contribution in [1.82, 2.24) is 0 Å². The first-order valence-corrected chi connectivity index (χ1v) is 5.48. The quantitative estimate of drug-likeness (QED) is 0.269. The van der Waals surface area contributed by atoms with Gasteiger partial charge in [-0.25, -0.2) is 14.5 Å². The second-order valence-corrected chi connectivity index (χ2v) is 3.17. The molecule has 5 N–H and O–H groups in total. The van der Waals surface area contributed by atoms with Crippen LogP contribution in [0.2, 0.25) is 0 Å². The summed E-state index contributed by atoms with van der Waals surface area (Å²) < 4.78 is 0. The van der Waals surface area contributed by atoms with Gasteiger partial charge in [-0.05, 0) is 6.42 Å². The summed E-state index contributed by atoms with van der Waals surface area (Å²) in [6.07, 6.45) is 3.72. The maximum Gasteiger partial charge on any atom is 0.503 e. The molecule has 0 aromatic heterocycles. The van der Waals surface area contributed by atoms with Crippen LogP contribution in [0.1, 0.15) is 45.4 Å². The van der Waals surface area contributed by atoms with Crippen LogP contribution >= 0.6 is 0 Å². The predicted octanol–water partition coefficient (Wildman–Crippen LogP) is 3.28. The fourth-order valence-electron chi connectivity index (χ4n) is 0.947. The van der Waals surface area contributed by atoms with Crippen LogP contribution in [0.3, 0.4) is 0 Å². The highest BCUT2D eigenvalue weighted by Crippen LogP contribution is 2.04. The van der Waals surface area contributed by atoms with Gasteiger partial charge < -0.3 is 20.4 Å². The van der Waals surface area contributed by atoms with Gasteiger partial charge in [-0.15, -0.1) is 0 Å². The van der Waals surface area contributed by atoms with E-state index in [0.29, 0.717) is 6.61 Å². The van der Waals surface area contributed by atoms with Gasteiger partial charge in [0.2, 0.25) is 0 Å². The highest BCUT2D eigenvalue weighted by Gasteiger charge is 1.88. The average molecular weight is 270 g/mol. The SMILES string of the molecule is CCCCCCCCOO.O=C(O)O.O=C(O)O. The van der Waals surface area contributed by atoms with Gasteiger partial charge in [0, 0.05) is 0 Å². The molecule has 0 aliphatic rings. The van der Waals surface area contributed by atoms with Crippen molar-refractivity contribution in [2.75, 3.05) is 6.61 Å². The Bertz CT molecular complexity index is 155. The second-order valence-electron chi connectivity index (χ2n) is 3.17. The fourth-order valence-corrected chi connectivity index (χ4v) is 0.947. The van der Waals surface area contributed by atoms with Crippen molar-refractivity contribution in [2.45, 2.75) is 45.4 Å². The average Bonchev–Trinajstić information content (AvgIpc) is 2.22. The summed E-state index contributed by atoms with van der Waals surface area (Å²) in [6.45, 7) is 2.70. The number of hydrogen-bond acceptors (Lipinski definition) is 4. The molecule has 0 fully saturated rings. The van der Waals surface area contributed by atoms with Gasteiger partial charge in [0.05, 0.1) is 6.61 Å². The fraction of sp³-hybridized carbons (Fsp3) is 0.800. The molecule has 18 heavy (non-hydrogen) atoms. The largest absolute Gasteiger partial charge is 0.503 e. The molecule has 0 aliphatic heterocycles. The maximum atomic E-state index is 8.56. The molecule has 0 unspecified atom stereocenters. The van der Waals surface area contributed by atoms with Crippen LogP contribution in [-0.4, -0.2) is 44.6 Å². The van der Waals surface area contributed by atoms with Crippen molar-refractivity contribution in [3.05, 3.63) is 0 Å². The molecule has 0 bridgehead atoms. The molecule has 0 aromatic rings. The van der Waals surface area contributed by atoms with Crippen LogP contribution in [0.5, 0.6) is 0 Å². The van der Waals surface area contributed by atoms with Crippen molar-refractivity contribution in [3.63, 3.8) is 0 Å². The summed E-state index contributed by atoms with van der Waals surface area (Å²) in [6, 6.07) is 0. The topological polar surface area (TPSA) is 145 Å². The van der Waals surface area contributed by atoms with Gasteiger partial charge in [-0.3, -0.25) is 5.26 Å². The van der Waals surface area contributed by atoms with E-state index in [1.54, 1.807) is 0 Å². The highest BCUT2D eigenvalue weighted by atomic mass is 17.1. The Morgan fingerprint density at radius 1 is 0.833 bits per heavy atom. The third-order valence-electron chi connectivity index (χ3n) is 1.59. The number of carbonyl (C=O) groups is 2. The molecule has 0 radical (unpaired) electrons. The normalized spacial score (nSPS) is 8.33. The molecule has 110 valence electrons. The third kappa shape index (κ3) is 87.9. The zero-order valence-corrected chi connectivity index (χ0v) is 10.4. The van der Waals surface area contributed by atoms with E-state index in [0.717, 1.165) is 6.42 Å². The summed E-state index contributed by atoms with van der Waals surface area (Å²) in [5.41, 5.74) is 0. The molecule has 0 heterocycles. The minimum atomic E-state index is -1.83. The van der Waals surface area contributed by atoms with Gasteiger partial charge in [-0.1, -0.05) is 39.0 Å². The van der Waals surface area contributed by atoms with E-state index < -0.39 is 12.3 Å². The molecule has 0 saturated heterocycles. The summed E-state index contributed by atoms with van der Waals surface area (Å²) >= 11 is 0. The maximum absolute atomic E-state index is 8.56. The van der Waals surface area contributed by atoms with Crippen LogP contribution < -0.4 is 0 Å². The molecular weight excluding hydrogens is 248 g/mol. The summed E-state index contributed by atoms with van der Waals surface area (Å²) in [7, 11) is 0. The lowest BCUT2D eigenvalue weighted by Crippen LogP contribution is -1.88. The Balaban J connectivity index is -0.000000233. The summed E-state index contributed by atoms with van der Waals surface area (Å²) in [5, 5.41) is 35.9. The lowest BCUT2D eigenvalue weighted by atomic mass is 10.1. The molecule has 8 nitrogen and oxygen atoms in total. The lowest BCUT2D eigenvalue weighted by molar-refractivity contribution is -0.242. The minimum Gasteiger partial charge on any atom is -0.450 e. The third-order valence-corrected chi connectivity index (χ3v) is 1.59. The Labute approximate surface area is 105 Å². The Hall–Kier alpha value is -1.54. The summed E-state index contributed by atoms with van der Waals surface area (Å²) in [5.74, 6) is 0. The van der Waals surface area contributed by atoms with Gasteiger partial charge in [0.1, 0.15) is 0 Å². The van der Waals surface area contributed by atoms with E-state index in [-0.39, 0.29) is 0 Å². The van der Waals surface area contributed by atoms with Gasteiger partial charge in [-0.2, -0.15) is 0 Å². The number of rotatable bonds is 7. The van der Waals surface area contributed by atoms with Gasteiger partial charge in [0.25, 0.3) is 0 Å². The van der Waals surface area contributed by atoms with Crippen molar-refractivity contribution in [1.29, 1.82) is 0 Å². The van der Waals surface area contributed by atoms with E-state index in [1.807, 2.05) is 0 Å². The zero-order chi connectivity index (χ0) is 14.8. The Morgan fingerprint density at radius 3 is 1.50 bits per heavy atom. The van der Waals surface area contributed by atoms with Gasteiger partial charge in [0.15, 0.2) is 0 Å². The molecule has 0 aliphatic carbocycles. The second kappa shape index (κ2) is 20.8. The predicted molar refractivity (Wildman–Crippen MR) is 63.3 cm³/mol. The van der Waals surface area contributed by atoms with E-state index in [9.17, 15) is 0 Å². The standard InChI is InChI=1S/C8H18O2.2CH2O3/c1-2-3-4-5-6-7-8-10-9;2*2-1(3)4/h9H,2-8H2,1H3;2*(H2,2,3,4). The van der Waals surface area contributed by atoms with Crippen molar-refractivity contribution < 1.29 is 40.2 Å². The monoisotopic (exact) mass is 270 g/mol. The molecular formula is C10H22O8. The number of carboxylic acid groups (broad SMARTS) is 4. The zero-order valence-electron chi connectivity index (χ0n) is 10.4. The first kappa shape index (κ1) is 21.7. The first-order valence-electron chi connectivity index (χ1n) is 5.48. The van der Waals surface area contributed by atoms with Crippen molar-refractivity contribution in [3.8, 4) is 0 Å². The summed E-state index contributed by atoms with van der Waals surface area (Å²) in [4.78, 5) is 21.1. The molecule has 0 aromatic carbocycles.